The molecule has 0 bridgehead atoms. The smallest absolute Gasteiger partial charge is 0.240 e. The maximum absolute atomic E-state index is 5.08. The van der Waals surface area contributed by atoms with Gasteiger partial charge in [-0.25, -0.2) is 4.98 Å². The van der Waals surface area contributed by atoms with Crippen LogP contribution in [0.15, 0.2) is 17.0 Å². The van der Waals surface area contributed by atoms with Gasteiger partial charge in [0.15, 0.2) is 0 Å². The van der Waals surface area contributed by atoms with Crippen LogP contribution in [0.3, 0.4) is 0 Å². The molecule has 2 rings (SSSR count). The minimum absolute atomic E-state index is 0.572. The monoisotopic (exact) mass is 207 g/mol. The second-order valence-electron chi connectivity index (χ2n) is 3.18. The summed E-state index contributed by atoms with van der Waals surface area (Å²) in [5, 5.41) is 7.00. The van der Waals surface area contributed by atoms with Crippen molar-refractivity contribution >= 4 is 0 Å². The van der Waals surface area contributed by atoms with Gasteiger partial charge in [0.25, 0.3) is 0 Å². The van der Waals surface area contributed by atoms with Gasteiger partial charge in [0.05, 0.1) is 19.1 Å². The molecule has 80 valence electrons. The number of nitrogens with zero attached hydrogens (tertiary/aromatic N) is 4. The van der Waals surface area contributed by atoms with Crippen LogP contribution in [0.4, 0.5) is 0 Å². The molecular formula is C9H13N5O. The summed E-state index contributed by atoms with van der Waals surface area (Å²) in [4.78, 5) is 8.25. The fraction of sp³-hybridized carbons (Fsp3) is 0.444. The Bertz CT molecular complexity index is 433. The molecule has 0 amide bonds. The van der Waals surface area contributed by atoms with Gasteiger partial charge in [-0.15, -0.1) is 0 Å². The highest BCUT2D eigenvalue weighted by Crippen LogP contribution is 2.13. The SMILES string of the molecule is CCNCc1nc(-c2cncn2C)no1. The summed E-state index contributed by atoms with van der Waals surface area (Å²) < 4.78 is 6.93. The van der Waals surface area contributed by atoms with Crippen LogP contribution in [0.25, 0.3) is 11.5 Å². The van der Waals surface area contributed by atoms with Crippen LogP contribution in [0.2, 0.25) is 0 Å². The third-order valence-corrected chi connectivity index (χ3v) is 2.04. The maximum Gasteiger partial charge on any atom is 0.240 e. The average molecular weight is 207 g/mol. The molecule has 2 heterocycles. The van der Waals surface area contributed by atoms with Crippen molar-refractivity contribution in [2.75, 3.05) is 6.54 Å². The Morgan fingerprint density at radius 3 is 3.07 bits per heavy atom. The van der Waals surface area contributed by atoms with E-state index in [-0.39, 0.29) is 0 Å². The summed E-state index contributed by atoms with van der Waals surface area (Å²) in [6.07, 6.45) is 3.41. The lowest BCUT2D eigenvalue weighted by atomic mass is 10.4. The third-order valence-electron chi connectivity index (χ3n) is 2.04. The Hall–Kier alpha value is -1.69. The summed E-state index contributed by atoms with van der Waals surface area (Å²) in [6.45, 7) is 3.50. The third kappa shape index (κ3) is 2.04. The number of nitrogens with one attached hydrogen (secondary N) is 1. The molecular weight excluding hydrogens is 194 g/mol. The van der Waals surface area contributed by atoms with Gasteiger partial charge in [-0.3, -0.25) is 0 Å². The molecule has 0 aliphatic rings. The number of aromatic nitrogens is 4. The first-order chi connectivity index (χ1) is 7.31. The summed E-state index contributed by atoms with van der Waals surface area (Å²) in [6, 6.07) is 0. The van der Waals surface area contributed by atoms with Gasteiger partial charge in [-0.05, 0) is 6.54 Å². The van der Waals surface area contributed by atoms with Gasteiger partial charge in [-0.1, -0.05) is 12.1 Å². The van der Waals surface area contributed by atoms with Gasteiger partial charge in [0, 0.05) is 7.05 Å². The summed E-state index contributed by atoms with van der Waals surface area (Å²) in [7, 11) is 1.89. The fourth-order valence-corrected chi connectivity index (χ4v) is 1.24. The molecule has 0 spiro atoms. The molecule has 0 saturated heterocycles. The Morgan fingerprint density at radius 1 is 1.53 bits per heavy atom. The van der Waals surface area contributed by atoms with Crippen LogP contribution < -0.4 is 5.32 Å². The molecule has 1 N–H and O–H groups in total. The fourth-order valence-electron chi connectivity index (χ4n) is 1.24. The highest BCUT2D eigenvalue weighted by atomic mass is 16.5. The summed E-state index contributed by atoms with van der Waals surface area (Å²) in [5.41, 5.74) is 0.849. The number of rotatable bonds is 4. The minimum atomic E-state index is 0.572. The molecule has 0 saturated carbocycles. The molecule has 0 radical (unpaired) electrons. The molecule has 0 aliphatic heterocycles. The van der Waals surface area contributed by atoms with Crippen molar-refractivity contribution in [2.45, 2.75) is 13.5 Å². The Labute approximate surface area is 87.3 Å². The second kappa shape index (κ2) is 4.22. The van der Waals surface area contributed by atoms with E-state index in [2.05, 4.69) is 20.4 Å². The van der Waals surface area contributed by atoms with Crippen LogP contribution in [0.1, 0.15) is 12.8 Å². The van der Waals surface area contributed by atoms with E-state index in [1.54, 1.807) is 12.5 Å². The topological polar surface area (TPSA) is 68.8 Å². The zero-order valence-electron chi connectivity index (χ0n) is 8.77. The van der Waals surface area contributed by atoms with Crippen molar-refractivity contribution in [3.63, 3.8) is 0 Å². The second-order valence-corrected chi connectivity index (χ2v) is 3.18. The normalized spacial score (nSPS) is 10.8. The highest BCUT2D eigenvalue weighted by Gasteiger charge is 2.10. The van der Waals surface area contributed by atoms with Crippen LogP contribution in [-0.2, 0) is 13.6 Å². The van der Waals surface area contributed by atoms with Gasteiger partial charge in [-0.2, -0.15) is 4.98 Å². The summed E-state index contributed by atoms with van der Waals surface area (Å²) in [5.74, 6) is 1.16. The molecule has 0 aliphatic carbocycles. The van der Waals surface area contributed by atoms with Crippen molar-refractivity contribution in [3.8, 4) is 11.5 Å². The standard InChI is InChI=1S/C9H13N5O/c1-3-10-5-8-12-9(13-15-8)7-4-11-6-14(7)2/h4,6,10H,3,5H2,1-2H3. The molecule has 6 heteroatoms. The van der Waals surface area contributed by atoms with E-state index in [1.807, 2.05) is 18.5 Å². The Kier molecular flexibility index (Phi) is 2.77. The number of imidazole rings is 1. The van der Waals surface area contributed by atoms with Crippen LogP contribution in [0.5, 0.6) is 0 Å². The largest absolute Gasteiger partial charge is 0.337 e. The molecule has 2 aromatic rings. The van der Waals surface area contributed by atoms with Crippen LogP contribution in [-0.4, -0.2) is 26.2 Å². The van der Waals surface area contributed by atoms with Gasteiger partial charge < -0.3 is 14.4 Å². The lowest BCUT2D eigenvalue weighted by Crippen LogP contribution is -2.11. The lowest BCUT2D eigenvalue weighted by Gasteiger charge is -1.94. The van der Waals surface area contributed by atoms with Gasteiger partial charge in [0.1, 0.15) is 5.69 Å². The van der Waals surface area contributed by atoms with Crippen LogP contribution >= 0.6 is 0 Å². The first kappa shape index (κ1) is 9.85. The Morgan fingerprint density at radius 2 is 2.40 bits per heavy atom. The molecule has 2 aromatic heterocycles. The van der Waals surface area contributed by atoms with E-state index in [0.29, 0.717) is 18.3 Å². The zero-order chi connectivity index (χ0) is 10.7. The molecule has 0 atom stereocenters. The van der Waals surface area contributed by atoms with Crippen molar-refractivity contribution < 1.29 is 4.52 Å². The number of aryl methyl sites for hydroxylation is 1. The zero-order valence-corrected chi connectivity index (χ0v) is 8.77. The van der Waals surface area contributed by atoms with Crippen molar-refractivity contribution in [1.29, 1.82) is 0 Å². The predicted molar refractivity (Wildman–Crippen MR) is 53.9 cm³/mol. The molecule has 15 heavy (non-hydrogen) atoms. The first-order valence-electron chi connectivity index (χ1n) is 4.81. The molecule has 6 nitrogen and oxygen atoms in total. The van der Waals surface area contributed by atoms with E-state index in [1.165, 1.54) is 0 Å². The predicted octanol–water partition coefficient (Wildman–Crippen LogP) is 0.580. The number of hydrogen-bond donors (Lipinski definition) is 1. The van der Waals surface area contributed by atoms with E-state index < -0.39 is 0 Å². The number of hydrogen-bond acceptors (Lipinski definition) is 5. The summed E-state index contributed by atoms with van der Waals surface area (Å²) >= 11 is 0. The molecule has 0 fully saturated rings. The minimum Gasteiger partial charge on any atom is -0.337 e. The van der Waals surface area contributed by atoms with E-state index in [9.17, 15) is 0 Å². The molecule has 0 aromatic carbocycles. The highest BCUT2D eigenvalue weighted by molar-refractivity contribution is 5.46. The van der Waals surface area contributed by atoms with Crippen LogP contribution in [0, 0.1) is 0 Å². The first-order valence-corrected chi connectivity index (χ1v) is 4.81. The van der Waals surface area contributed by atoms with E-state index in [0.717, 1.165) is 12.2 Å². The van der Waals surface area contributed by atoms with E-state index in [4.69, 9.17) is 4.52 Å². The van der Waals surface area contributed by atoms with Gasteiger partial charge >= 0.3 is 0 Å². The molecule has 0 unspecified atom stereocenters. The Balaban J connectivity index is 2.17. The quantitative estimate of drug-likeness (QED) is 0.794. The van der Waals surface area contributed by atoms with E-state index >= 15 is 0 Å². The van der Waals surface area contributed by atoms with Crippen molar-refractivity contribution in [3.05, 3.63) is 18.4 Å². The van der Waals surface area contributed by atoms with Crippen molar-refractivity contribution in [2.24, 2.45) is 7.05 Å². The lowest BCUT2D eigenvalue weighted by molar-refractivity contribution is 0.369. The van der Waals surface area contributed by atoms with Crippen molar-refractivity contribution in [1.82, 2.24) is 25.0 Å². The maximum atomic E-state index is 5.08. The van der Waals surface area contributed by atoms with Gasteiger partial charge in [0.2, 0.25) is 11.7 Å². The average Bonchev–Trinajstić information content (AvgIpc) is 2.83.